The summed E-state index contributed by atoms with van der Waals surface area (Å²) in [6.07, 6.45) is 4.20. The Morgan fingerprint density at radius 3 is 2.55 bits per heavy atom. The fourth-order valence-corrected chi connectivity index (χ4v) is 3.47. The lowest BCUT2D eigenvalue weighted by Gasteiger charge is -2.19. The molecular formula is C22H26N2O4S. The molecule has 0 radical (unpaired) electrons. The second-order valence-electron chi connectivity index (χ2n) is 6.27. The molecule has 0 bridgehead atoms. The number of para-hydroxylation sites is 1. The largest absolute Gasteiger partial charge is 0.493 e. The number of benzene rings is 2. The minimum absolute atomic E-state index is 0.0767. The first-order valence-electron chi connectivity index (χ1n) is 8.99. The Kier molecular flexibility index (Phi) is 8.15. The molecule has 0 aliphatic rings. The Morgan fingerprint density at radius 1 is 1.21 bits per heavy atom. The van der Waals surface area contributed by atoms with Crippen LogP contribution in [-0.4, -0.2) is 50.8 Å². The Hall–Kier alpha value is -2.93. The molecule has 0 aromatic heterocycles. The maximum atomic E-state index is 12.9. The maximum absolute atomic E-state index is 12.9. The van der Waals surface area contributed by atoms with Crippen molar-refractivity contribution >= 4 is 29.3 Å². The van der Waals surface area contributed by atoms with Crippen LogP contribution >= 0.6 is 11.8 Å². The Balaban J connectivity index is 2.17. The summed E-state index contributed by atoms with van der Waals surface area (Å²) in [6, 6.07) is 10.9. The van der Waals surface area contributed by atoms with Crippen molar-refractivity contribution in [2.75, 3.05) is 39.4 Å². The van der Waals surface area contributed by atoms with E-state index in [1.807, 2.05) is 30.5 Å². The predicted octanol–water partition coefficient (Wildman–Crippen LogP) is 3.86. The molecule has 6 nitrogen and oxygen atoms in total. The van der Waals surface area contributed by atoms with Crippen molar-refractivity contribution in [1.82, 2.24) is 4.90 Å². The standard InChI is InChI=1S/C22H26N2O4S/c1-6-9-15-12-16(13-18(27-3)21(15)28-4)22(26)24(2)14-20(25)23-17-10-7-8-11-19(17)29-5/h6-8,10-13H,1,9,14H2,2-5H3,(H,23,25). The lowest BCUT2D eigenvalue weighted by molar-refractivity contribution is -0.116. The normalized spacial score (nSPS) is 10.2. The molecule has 2 amide bonds. The van der Waals surface area contributed by atoms with Crippen LogP contribution in [0.4, 0.5) is 5.69 Å². The highest BCUT2D eigenvalue weighted by Crippen LogP contribution is 2.33. The van der Waals surface area contributed by atoms with Gasteiger partial charge in [-0.1, -0.05) is 18.2 Å². The number of thioether (sulfide) groups is 1. The van der Waals surface area contributed by atoms with E-state index in [4.69, 9.17) is 9.47 Å². The molecule has 0 atom stereocenters. The van der Waals surface area contributed by atoms with Gasteiger partial charge in [0, 0.05) is 23.1 Å². The number of anilines is 1. The summed E-state index contributed by atoms with van der Waals surface area (Å²) < 4.78 is 10.8. The average molecular weight is 415 g/mol. The predicted molar refractivity (Wildman–Crippen MR) is 117 cm³/mol. The second kappa shape index (κ2) is 10.6. The van der Waals surface area contributed by atoms with Gasteiger partial charge in [0.15, 0.2) is 11.5 Å². The summed E-state index contributed by atoms with van der Waals surface area (Å²) in [4.78, 5) is 27.7. The number of nitrogens with one attached hydrogen (secondary N) is 1. The SMILES string of the molecule is C=CCc1cc(C(=O)N(C)CC(=O)Nc2ccccc2SC)cc(OC)c1OC. The van der Waals surface area contributed by atoms with Gasteiger partial charge in [0.25, 0.3) is 5.91 Å². The topological polar surface area (TPSA) is 67.9 Å². The lowest BCUT2D eigenvalue weighted by atomic mass is 10.0. The van der Waals surface area contributed by atoms with Crippen molar-refractivity contribution in [3.63, 3.8) is 0 Å². The molecule has 0 unspecified atom stereocenters. The third kappa shape index (κ3) is 5.54. The number of amides is 2. The van der Waals surface area contributed by atoms with Crippen LogP contribution in [0.1, 0.15) is 15.9 Å². The van der Waals surface area contributed by atoms with E-state index >= 15 is 0 Å². The molecule has 0 spiro atoms. The number of nitrogens with zero attached hydrogens (tertiary/aromatic N) is 1. The summed E-state index contributed by atoms with van der Waals surface area (Å²) in [7, 11) is 4.66. The van der Waals surface area contributed by atoms with Crippen LogP contribution in [0.5, 0.6) is 11.5 Å². The molecule has 7 heteroatoms. The highest BCUT2D eigenvalue weighted by Gasteiger charge is 2.20. The number of methoxy groups -OCH3 is 2. The van der Waals surface area contributed by atoms with Gasteiger partial charge in [-0.05, 0) is 36.9 Å². The van der Waals surface area contributed by atoms with E-state index in [-0.39, 0.29) is 18.4 Å². The lowest BCUT2D eigenvalue weighted by Crippen LogP contribution is -2.35. The van der Waals surface area contributed by atoms with Crippen molar-refractivity contribution in [3.8, 4) is 11.5 Å². The number of hydrogen-bond acceptors (Lipinski definition) is 5. The molecule has 0 fully saturated rings. The van der Waals surface area contributed by atoms with Crippen molar-refractivity contribution in [2.45, 2.75) is 11.3 Å². The number of allylic oxidation sites excluding steroid dienone is 1. The number of carbonyl (C=O) groups excluding carboxylic acids is 2. The van der Waals surface area contributed by atoms with Crippen LogP contribution in [0.25, 0.3) is 0 Å². The van der Waals surface area contributed by atoms with Crippen molar-refractivity contribution in [3.05, 3.63) is 60.2 Å². The smallest absolute Gasteiger partial charge is 0.254 e. The number of likely N-dealkylation sites (N-methyl/N-ethyl adjacent to an activating group) is 1. The minimum atomic E-state index is -0.287. The molecule has 2 aromatic rings. The number of carbonyl (C=O) groups is 2. The molecule has 0 aliphatic carbocycles. The van der Waals surface area contributed by atoms with E-state index < -0.39 is 0 Å². The minimum Gasteiger partial charge on any atom is -0.493 e. The molecule has 154 valence electrons. The first-order valence-corrected chi connectivity index (χ1v) is 10.2. The third-order valence-corrected chi connectivity index (χ3v) is 5.07. The molecule has 0 aliphatic heterocycles. The van der Waals surface area contributed by atoms with Gasteiger partial charge in [-0.15, -0.1) is 18.3 Å². The zero-order valence-electron chi connectivity index (χ0n) is 17.2. The zero-order valence-corrected chi connectivity index (χ0v) is 18.0. The summed E-state index contributed by atoms with van der Waals surface area (Å²) in [5.41, 5.74) is 1.93. The molecular weight excluding hydrogens is 388 g/mol. The van der Waals surface area contributed by atoms with E-state index in [2.05, 4.69) is 11.9 Å². The quantitative estimate of drug-likeness (QED) is 0.498. The van der Waals surface area contributed by atoms with Crippen LogP contribution in [0.15, 0.2) is 53.9 Å². The fraction of sp³-hybridized carbons (Fsp3) is 0.273. The molecule has 0 saturated heterocycles. The van der Waals surface area contributed by atoms with Gasteiger partial charge >= 0.3 is 0 Å². The van der Waals surface area contributed by atoms with Crippen molar-refractivity contribution in [1.29, 1.82) is 0 Å². The Morgan fingerprint density at radius 2 is 1.93 bits per heavy atom. The third-order valence-electron chi connectivity index (χ3n) is 4.28. The maximum Gasteiger partial charge on any atom is 0.254 e. The summed E-state index contributed by atoms with van der Waals surface area (Å²) >= 11 is 1.54. The van der Waals surface area contributed by atoms with Gasteiger partial charge in [0.1, 0.15) is 0 Å². The molecule has 2 rings (SSSR count). The van der Waals surface area contributed by atoms with Crippen LogP contribution in [0, 0.1) is 0 Å². The Bertz CT molecular complexity index is 898. The summed E-state index contributed by atoms with van der Waals surface area (Å²) in [6.45, 7) is 3.67. The van der Waals surface area contributed by atoms with Crippen molar-refractivity contribution < 1.29 is 19.1 Å². The highest BCUT2D eigenvalue weighted by atomic mass is 32.2. The zero-order chi connectivity index (χ0) is 21.4. The van der Waals surface area contributed by atoms with E-state index in [1.165, 1.54) is 12.0 Å². The van der Waals surface area contributed by atoms with E-state index in [0.29, 0.717) is 23.5 Å². The molecule has 1 N–H and O–H groups in total. The fourth-order valence-electron chi connectivity index (χ4n) is 2.92. The van der Waals surface area contributed by atoms with Gasteiger partial charge in [0.05, 0.1) is 26.5 Å². The average Bonchev–Trinajstić information content (AvgIpc) is 2.72. The van der Waals surface area contributed by atoms with Crippen LogP contribution in [-0.2, 0) is 11.2 Å². The highest BCUT2D eigenvalue weighted by molar-refractivity contribution is 7.98. The van der Waals surface area contributed by atoms with E-state index in [9.17, 15) is 9.59 Å². The van der Waals surface area contributed by atoms with Gasteiger partial charge in [0.2, 0.25) is 5.91 Å². The molecule has 0 heterocycles. The van der Waals surface area contributed by atoms with Crippen molar-refractivity contribution in [2.24, 2.45) is 0 Å². The van der Waals surface area contributed by atoms with Gasteiger partial charge < -0.3 is 19.7 Å². The van der Waals surface area contributed by atoms with Gasteiger partial charge in [-0.3, -0.25) is 9.59 Å². The molecule has 0 saturated carbocycles. The van der Waals surface area contributed by atoms with Gasteiger partial charge in [-0.2, -0.15) is 0 Å². The van der Waals surface area contributed by atoms with E-state index in [0.717, 1.165) is 16.1 Å². The Labute approximate surface area is 175 Å². The number of rotatable bonds is 9. The number of ether oxygens (including phenoxy) is 2. The van der Waals surface area contributed by atoms with Crippen LogP contribution in [0.2, 0.25) is 0 Å². The monoisotopic (exact) mass is 414 g/mol. The molecule has 29 heavy (non-hydrogen) atoms. The number of hydrogen-bond donors (Lipinski definition) is 1. The molecule has 2 aromatic carbocycles. The van der Waals surface area contributed by atoms with Crippen LogP contribution < -0.4 is 14.8 Å². The van der Waals surface area contributed by atoms with Crippen LogP contribution in [0.3, 0.4) is 0 Å². The first-order chi connectivity index (χ1) is 13.9. The van der Waals surface area contributed by atoms with Gasteiger partial charge in [-0.25, -0.2) is 0 Å². The van der Waals surface area contributed by atoms with E-state index in [1.54, 1.807) is 44.1 Å². The first kappa shape index (κ1) is 22.4. The second-order valence-corrected chi connectivity index (χ2v) is 7.12. The summed E-state index contributed by atoms with van der Waals surface area (Å²) in [5.74, 6) is 0.471. The summed E-state index contributed by atoms with van der Waals surface area (Å²) in [5, 5.41) is 2.86.